The fraction of sp³-hybridized carbons (Fsp3) is 0.467. The number of hydrogen-bond donors (Lipinski definition) is 2. The van der Waals surface area contributed by atoms with E-state index in [-0.39, 0.29) is 36.5 Å². The van der Waals surface area contributed by atoms with Gasteiger partial charge in [-0.3, -0.25) is 19.4 Å². The highest BCUT2D eigenvalue weighted by atomic mass is 19.1. The molecule has 0 aliphatic heterocycles. The van der Waals surface area contributed by atoms with Crippen molar-refractivity contribution in [3.05, 3.63) is 63.9 Å². The van der Waals surface area contributed by atoms with Gasteiger partial charge in [-0.15, -0.1) is 0 Å². The number of imidazole rings is 1. The highest BCUT2D eigenvalue weighted by molar-refractivity contribution is 5.95. The number of pyridine rings is 2. The van der Waals surface area contributed by atoms with E-state index in [4.69, 9.17) is 4.74 Å². The summed E-state index contributed by atoms with van der Waals surface area (Å²) < 4.78 is 21.4. The Hall–Kier alpha value is -4.55. The van der Waals surface area contributed by atoms with Gasteiger partial charge in [-0.2, -0.15) is 0 Å². The molecule has 1 atom stereocenters. The van der Waals surface area contributed by atoms with Gasteiger partial charge in [0.15, 0.2) is 11.9 Å². The average molecular weight is 598 g/mol. The molecule has 0 aromatic carbocycles. The Morgan fingerprint density at radius 3 is 2.51 bits per heavy atom. The largest absolute Gasteiger partial charge is 0.436 e. The summed E-state index contributed by atoms with van der Waals surface area (Å²) in [7, 11) is 6.21. The zero-order valence-electron chi connectivity index (χ0n) is 25.7. The van der Waals surface area contributed by atoms with Crippen LogP contribution in [-0.4, -0.2) is 81.5 Å². The molecule has 3 heterocycles. The van der Waals surface area contributed by atoms with E-state index in [9.17, 15) is 23.6 Å². The standard InChI is InChI=1S/C30H40FN7O5/c1-8-19-13-14-21(33-28(40)23(43-30(42)37(6)7)11-9-10-12-25(39)36(4)5)29(41)38(19)17-24-34-26-20(31)16-32-22(15-18(2)3)27(26)35-24/h10,12-14,16,18,23H,8-9,11,15,17H2,1-7H3,(H,33,40)(H,34,35)/b12-10+. The summed E-state index contributed by atoms with van der Waals surface area (Å²) in [6, 6.07) is 3.21. The zero-order chi connectivity index (χ0) is 31.8. The van der Waals surface area contributed by atoms with Crippen LogP contribution in [0.1, 0.15) is 50.8 Å². The van der Waals surface area contributed by atoms with Gasteiger partial charge in [0.2, 0.25) is 5.91 Å². The predicted molar refractivity (Wildman–Crippen MR) is 161 cm³/mol. The molecule has 232 valence electrons. The van der Waals surface area contributed by atoms with Crippen molar-refractivity contribution in [1.82, 2.24) is 29.3 Å². The molecule has 0 saturated carbocycles. The smallest absolute Gasteiger partial charge is 0.410 e. The number of carbonyl (C=O) groups excluding carboxylic acids is 3. The maximum Gasteiger partial charge on any atom is 0.410 e. The number of likely N-dealkylation sites (N-methyl/N-ethyl adjacent to an activating group) is 1. The topological polar surface area (TPSA) is 143 Å². The van der Waals surface area contributed by atoms with Crippen molar-refractivity contribution in [3.8, 4) is 0 Å². The van der Waals surface area contributed by atoms with Gasteiger partial charge in [-0.05, 0) is 49.8 Å². The van der Waals surface area contributed by atoms with Gasteiger partial charge in [-0.25, -0.2) is 14.2 Å². The molecule has 0 spiro atoms. The first kappa shape index (κ1) is 33.0. The van der Waals surface area contributed by atoms with Gasteiger partial charge in [-0.1, -0.05) is 26.8 Å². The van der Waals surface area contributed by atoms with E-state index in [1.54, 1.807) is 26.2 Å². The van der Waals surface area contributed by atoms with E-state index in [1.807, 2.05) is 20.8 Å². The number of nitrogens with zero attached hydrogens (tertiary/aromatic N) is 5. The first-order chi connectivity index (χ1) is 20.3. The van der Waals surface area contributed by atoms with Crippen molar-refractivity contribution in [1.29, 1.82) is 0 Å². The molecule has 0 saturated heterocycles. The maximum atomic E-state index is 14.6. The first-order valence-corrected chi connectivity index (χ1v) is 14.1. The van der Waals surface area contributed by atoms with E-state index in [1.165, 1.54) is 40.6 Å². The number of aryl methyl sites for hydroxylation is 1. The van der Waals surface area contributed by atoms with E-state index >= 15 is 0 Å². The molecule has 2 N–H and O–H groups in total. The normalized spacial score (nSPS) is 12.1. The van der Waals surface area contributed by atoms with Crippen molar-refractivity contribution in [2.24, 2.45) is 5.92 Å². The molecule has 0 radical (unpaired) electrons. The second-order valence-electron chi connectivity index (χ2n) is 11.0. The summed E-state index contributed by atoms with van der Waals surface area (Å²) in [5, 5.41) is 2.60. The Morgan fingerprint density at radius 2 is 1.88 bits per heavy atom. The maximum absolute atomic E-state index is 14.6. The molecule has 0 aliphatic rings. The molecule has 1 unspecified atom stereocenters. The third-order valence-corrected chi connectivity index (χ3v) is 6.59. The first-order valence-electron chi connectivity index (χ1n) is 14.1. The summed E-state index contributed by atoms with van der Waals surface area (Å²) >= 11 is 0. The molecule has 13 heteroatoms. The lowest BCUT2D eigenvalue weighted by Gasteiger charge is -2.20. The third-order valence-electron chi connectivity index (χ3n) is 6.59. The number of anilines is 1. The van der Waals surface area contributed by atoms with Crippen LogP contribution in [0.2, 0.25) is 0 Å². The number of aromatic amines is 1. The fourth-order valence-electron chi connectivity index (χ4n) is 4.29. The quantitative estimate of drug-likeness (QED) is 0.304. The lowest BCUT2D eigenvalue weighted by Crippen LogP contribution is -2.38. The number of nitrogens with one attached hydrogen (secondary N) is 2. The fourth-order valence-corrected chi connectivity index (χ4v) is 4.29. The Bertz CT molecular complexity index is 1560. The number of fused-ring (bicyclic) bond motifs is 1. The molecule has 0 bridgehead atoms. The number of aromatic nitrogens is 4. The number of allylic oxidation sites excluding steroid dienone is 1. The summed E-state index contributed by atoms with van der Waals surface area (Å²) in [6.07, 6.45) is 3.66. The van der Waals surface area contributed by atoms with Crippen molar-refractivity contribution >= 4 is 34.6 Å². The van der Waals surface area contributed by atoms with E-state index < -0.39 is 29.5 Å². The molecule has 3 aromatic rings. The van der Waals surface area contributed by atoms with Gasteiger partial charge < -0.3 is 29.4 Å². The van der Waals surface area contributed by atoms with Crippen LogP contribution in [0.3, 0.4) is 0 Å². The SMILES string of the molecule is CCc1ccc(NC(=O)C(CC/C=C/C(=O)N(C)C)OC(=O)N(C)C)c(=O)n1Cc1nc2c(F)cnc(CC(C)C)c2[nH]1. The van der Waals surface area contributed by atoms with Crippen molar-refractivity contribution in [2.45, 2.75) is 59.1 Å². The molecule has 3 amide bonds. The minimum atomic E-state index is -1.22. The minimum Gasteiger partial charge on any atom is -0.436 e. The van der Waals surface area contributed by atoms with Crippen molar-refractivity contribution in [2.75, 3.05) is 33.5 Å². The molecule has 43 heavy (non-hydrogen) atoms. The Balaban J connectivity index is 1.88. The second-order valence-corrected chi connectivity index (χ2v) is 11.0. The number of rotatable bonds is 12. The number of hydrogen-bond acceptors (Lipinski definition) is 7. The lowest BCUT2D eigenvalue weighted by molar-refractivity contribution is -0.125. The Morgan fingerprint density at radius 1 is 1.16 bits per heavy atom. The van der Waals surface area contributed by atoms with Crippen LogP contribution in [0.25, 0.3) is 11.0 Å². The Kier molecular flexibility index (Phi) is 11.2. The average Bonchev–Trinajstić information content (AvgIpc) is 3.38. The van der Waals surface area contributed by atoms with Crippen LogP contribution in [0.15, 0.2) is 35.3 Å². The van der Waals surface area contributed by atoms with E-state index in [0.29, 0.717) is 41.5 Å². The number of H-pyrrole nitrogens is 1. The van der Waals surface area contributed by atoms with Gasteiger partial charge in [0.25, 0.3) is 11.5 Å². The number of carbonyl (C=O) groups is 3. The van der Waals surface area contributed by atoms with Gasteiger partial charge in [0.1, 0.15) is 17.0 Å². The van der Waals surface area contributed by atoms with Gasteiger partial charge >= 0.3 is 6.09 Å². The number of halogens is 1. The Labute approximate surface area is 249 Å². The van der Waals surface area contributed by atoms with Crippen LogP contribution >= 0.6 is 0 Å². The van der Waals surface area contributed by atoms with Crippen molar-refractivity contribution < 1.29 is 23.5 Å². The summed E-state index contributed by atoms with van der Waals surface area (Å²) in [6.45, 7) is 5.97. The third kappa shape index (κ3) is 8.49. The molecule has 12 nitrogen and oxygen atoms in total. The summed E-state index contributed by atoms with van der Waals surface area (Å²) in [5.74, 6) is -0.814. The van der Waals surface area contributed by atoms with Crippen LogP contribution in [0.5, 0.6) is 0 Å². The molecule has 3 rings (SSSR count). The van der Waals surface area contributed by atoms with Crippen LogP contribution < -0.4 is 10.9 Å². The van der Waals surface area contributed by atoms with E-state index in [0.717, 1.165) is 6.20 Å². The molecule has 0 fully saturated rings. The van der Waals surface area contributed by atoms with Crippen LogP contribution in [0.4, 0.5) is 14.9 Å². The number of ether oxygens (including phenoxy) is 1. The summed E-state index contributed by atoms with van der Waals surface area (Å²) in [5.41, 5.74) is 1.50. The molecular formula is C30H40FN7O5. The van der Waals surface area contributed by atoms with Crippen LogP contribution in [-0.2, 0) is 33.7 Å². The van der Waals surface area contributed by atoms with E-state index in [2.05, 4.69) is 20.3 Å². The highest BCUT2D eigenvalue weighted by Crippen LogP contribution is 2.21. The van der Waals surface area contributed by atoms with Gasteiger partial charge in [0.05, 0.1) is 24.0 Å². The monoisotopic (exact) mass is 597 g/mol. The number of amides is 3. The highest BCUT2D eigenvalue weighted by Gasteiger charge is 2.25. The summed E-state index contributed by atoms with van der Waals surface area (Å²) in [4.78, 5) is 65.3. The lowest BCUT2D eigenvalue weighted by atomic mass is 10.1. The molecule has 3 aromatic heterocycles. The van der Waals surface area contributed by atoms with Crippen LogP contribution in [0, 0.1) is 11.7 Å². The van der Waals surface area contributed by atoms with Gasteiger partial charge in [0, 0.05) is 33.9 Å². The molecular weight excluding hydrogens is 557 g/mol. The minimum absolute atomic E-state index is 0.00466. The second kappa shape index (κ2) is 14.6. The zero-order valence-corrected chi connectivity index (χ0v) is 25.7. The van der Waals surface area contributed by atoms with Crippen molar-refractivity contribution in [3.63, 3.8) is 0 Å². The predicted octanol–water partition coefficient (Wildman–Crippen LogP) is 3.50. The molecule has 0 aliphatic carbocycles.